The summed E-state index contributed by atoms with van der Waals surface area (Å²) in [5.74, 6) is 0.260. The number of rotatable bonds is 0. The minimum atomic E-state index is -0.662. The predicted octanol–water partition coefficient (Wildman–Crippen LogP) is 1.42. The Morgan fingerprint density at radius 1 is 1.37 bits per heavy atom. The molecule has 0 aromatic rings. The Morgan fingerprint density at radius 3 is 2.84 bits per heavy atom. The Balaban J connectivity index is 1.76. The van der Waals surface area contributed by atoms with Crippen LogP contribution >= 0.6 is 0 Å². The van der Waals surface area contributed by atoms with E-state index in [1.54, 1.807) is 0 Å². The van der Waals surface area contributed by atoms with Crippen molar-refractivity contribution in [1.29, 1.82) is 0 Å². The Hall–Kier alpha value is -0.870. The Labute approximate surface area is 112 Å². The van der Waals surface area contributed by atoms with Crippen molar-refractivity contribution in [2.24, 2.45) is 17.8 Å². The van der Waals surface area contributed by atoms with Crippen LogP contribution in [0.2, 0.25) is 0 Å². The molecule has 2 aliphatic carbocycles. The molecule has 0 spiro atoms. The van der Waals surface area contributed by atoms with Gasteiger partial charge in [0.2, 0.25) is 0 Å². The molecule has 19 heavy (non-hydrogen) atoms. The monoisotopic (exact) mass is 264 g/mol. The van der Waals surface area contributed by atoms with Gasteiger partial charge in [-0.05, 0) is 44.9 Å². The van der Waals surface area contributed by atoms with Crippen molar-refractivity contribution in [1.82, 2.24) is 0 Å². The number of ether oxygens (including phenoxy) is 2. The summed E-state index contributed by atoms with van der Waals surface area (Å²) in [4.78, 5) is 11.7. The second-order valence-corrected chi connectivity index (χ2v) is 7.07. The normalized spacial score (nSPS) is 59.0. The largest absolute Gasteiger partial charge is 0.455 e. The number of hydrogen-bond acceptors (Lipinski definition) is 4. The number of carbonyl (C=O) groups excluding carboxylic acids is 1. The maximum absolute atomic E-state index is 11.7. The fraction of sp³-hybridized carbons (Fsp3) is 0.800. The van der Waals surface area contributed by atoms with E-state index in [4.69, 9.17) is 9.47 Å². The van der Waals surface area contributed by atoms with Gasteiger partial charge in [0.15, 0.2) is 0 Å². The maximum Gasteiger partial charge on any atom is 0.334 e. The molecule has 0 bridgehead atoms. The van der Waals surface area contributed by atoms with E-state index < -0.39 is 5.60 Å². The third-order valence-electron chi connectivity index (χ3n) is 6.03. The summed E-state index contributed by atoms with van der Waals surface area (Å²) in [6.45, 7) is 7.91. The van der Waals surface area contributed by atoms with Crippen LogP contribution in [-0.4, -0.2) is 34.5 Å². The van der Waals surface area contributed by atoms with Crippen molar-refractivity contribution in [3.05, 3.63) is 12.2 Å². The molecule has 0 radical (unpaired) electrons. The second kappa shape index (κ2) is 3.23. The molecule has 7 atom stereocenters. The van der Waals surface area contributed by atoms with Gasteiger partial charge in [-0.3, -0.25) is 0 Å². The minimum absolute atomic E-state index is 0.00963. The first-order valence-corrected chi connectivity index (χ1v) is 7.14. The topological polar surface area (TPSA) is 59.1 Å². The smallest absolute Gasteiger partial charge is 0.334 e. The fourth-order valence-electron chi connectivity index (χ4n) is 4.76. The van der Waals surface area contributed by atoms with Crippen LogP contribution in [0.5, 0.6) is 0 Å². The average molecular weight is 264 g/mol. The zero-order valence-corrected chi connectivity index (χ0v) is 11.4. The molecule has 4 aliphatic rings. The zero-order chi connectivity index (χ0) is 13.6. The summed E-state index contributed by atoms with van der Waals surface area (Å²) in [6, 6.07) is 0. The third-order valence-corrected chi connectivity index (χ3v) is 6.03. The van der Waals surface area contributed by atoms with Crippen LogP contribution < -0.4 is 0 Å². The maximum atomic E-state index is 11.7. The van der Waals surface area contributed by atoms with Gasteiger partial charge in [0, 0.05) is 11.5 Å². The lowest BCUT2D eigenvalue weighted by atomic mass is 9.77. The second-order valence-electron chi connectivity index (χ2n) is 7.07. The molecule has 1 N–H and O–H groups in total. The molecule has 2 heterocycles. The number of epoxide rings is 1. The van der Waals surface area contributed by atoms with Gasteiger partial charge in [-0.25, -0.2) is 4.79 Å². The van der Waals surface area contributed by atoms with Crippen molar-refractivity contribution < 1.29 is 19.4 Å². The molecule has 0 amide bonds. The van der Waals surface area contributed by atoms with E-state index in [9.17, 15) is 9.90 Å². The van der Waals surface area contributed by atoms with Crippen molar-refractivity contribution >= 4 is 5.97 Å². The predicted molar refractivity (Wildman–Crippen MR) is 67.2 cm³/mol. The first-order chi connectivity index (χ1) is 8.84. The lowest BCUT2D eigenvalue weighted by Gasteiger charge is -2.31. The number of aliphatic hydroxyl groups is 1. The summed E-state index contributed by atoms with van der Waals surface area (Å²) in [5, 5.41) is 10.6. The highest BCUT2D eigenvalue weighted by Gasteiger charge is 2.71. The van der Waals surface area contributed by atoms with Gasteiger partial charge in [0.05, 0.1) is 11.2 Å². The zero-order valence-electron chi connectivity index (χ0n) is 11.4. The van der Waals surface area contributed by atoms with E-state index in [2.05, 4.69) is 13.5 Å². The van der Waals surface area contributed by atoms with Crippen LogP contribution in [0.1, 0.15) is 33.1 Å². The average Bonchev–Trinajstić information content (AvgIpc) is 2.83. The third kappa shape index (κ3) is 1.34. The van der Waals surface area contributed by atoms with Crippen molar-refractivity contribution in [3.8, 4) is 0 Å². The van der Waals surface area contributed by atoms with Crippen LogP contribution in [0.3, 0.4) is 0 Å². The number of hydrogen-bond donors (Lipinski definition) is 1. The van der Waals surface area contributed by atoms with E-state index in [0.29, 0.717) is 11.5 Å². The van der Waals surface area contributed by atoms with Gasteiger partial charge < -0.3 is 14.6 Å². The number of esters is 1. The van der Waals surface area contributed by atoms with Crippen molar-refractivity contribution in [2.75, 3.05) is 0 Å². The summed E-state index contributed by atoms with van der Waals surface area (Å²) in [7, 11) is 0. The van der Waals surface area contributed by atoms with Crippen LogP contribution in [0.15, 0.2) is 12.2 Å². The molecule has 4 rings (SSSR count). The van der Waals surface area contributed by atoms with Crippen molar-refractivity contribution in [3.63, 3.8) is 0 Å². The SMILES string of the molecule is C=C1C(=O)O[C@@H]2[C@@H]1C[C@@H]1[C@@H](CC[C@@]1(C)O)[C@@]1(C)O[C@@H]21. The van der Waals surface area contributed by atoms with E-state index >= 15 is 0 Å². The molecule has 4 heteroatoms. The quantitative estimate of drug-likeness (QED) is 0.408. The summed E-state index contributed by atoms with van der Waals surface area (Å²) in [6.07, 6.45) is 2.40. The van der Waals surface area contributed by atoms with E-state index in [1.807, 2.05) is 6.92 Å². The molecular weight excluding hydrogens is 244 g/mol. The first kappa shape index (κ1) is 11.9. The summed E-state index contributed by atoms with van der Waals surface area (Å²) >= 11 is 0. The van der Waals surface area contributed by atoms with Crippen LogP contribution in [0, 0.1) is 17.8 Å². The Bertz CT molecular complexity index is 483. The highest BCUT2D eigenvalue weighted by Crippen LogP contribution is 2.62. The van der Waals surface area contributed by atoms with Crippen LogP contribution in [0.4, 0.5) is 0 Å². The van der Waals surface area contributed by atoms with E-state index in [-0.39, 0.29) is 35.6 Å². The van der Waals surface area contributed by atoms with Crippen LogP contribution in [0.25, 0.3) is 0 Å². The molecule has 2 saturated carbocycles. The molecule has 0 unspecified atom stereocenters. The van der Waals surface area contributed by atoms with Gasteiger partial charge >= 0.3 is 5.97 Å². The number of fused-ring (bicyclic) bond motifs is 5. The van der Waals surface area contributed by atoms with Gasteiger partial charge in [-0.2, -0.15) is 0 Å². The van der Waals surface area contributed by atoms with E-state index in [1.165, 1.54) is 0 Å². The highest BCUT2D eigenvalue weighted by molar-refractivity contribution is 5.91. The fourth-order valence-corrected chi connectivity index (χ4v) is 4.76. The molecule has 4 nitrogen and oxygen atoms in total. The molecule has 0 aromatic heterocycles. The molecule has 0 aromatic carbocycles. The van der Waals surface area contributed by atoms with Crippen molar-refractivity contribution in [2.45, 2.75) is 56.5 Å². The van der Waals surface area contributed by atoms with Gasteiger partial charge in [0.25, 0.3) is 0 Å². The lowest BCUT2D eigenvalue weighted by molar-refractivity contribution is -0.140. The molecule has 104 valence electrons. The first-order valence-electron chi connectivity index (χ1n) is 7.14. The molecule has 2 saturated heterocycles. The Morgan fingerprint density at radius 2 is 2.11 bits per heavy atom. The highest BCUT2D eigenvalue weighted by atomic mass is 16.6. The molecule has 4 fully saturated rings. The minimum Gasteiger partial charge on any atom is -0.455 e. The lowest BCUT2D eigenvalue weighted by Crippen LogP contribution is -2.36. The van der Waals surface area contributed by atoms with Crippen LogP contribution in [-0.2, 0) is 14.3 Å². The van der Waals surface area contributed by atoms with Gasteiger partial charge in [-0.15, -0.1) is 0 Å². The number of carbonyl (C=O) groups is 1. The van der Waals surface area contributed by atoms with Gasteiger partial charge in [0.1, 0.15) is 12.2 Å². The summed E-state index contributed by atoms with van der Waals surface area (Å²) in [5.41, 5.74) is -0.327. The van der Waals surface area contributed by atoms with Gasteiger partial charge in [-0.1, -0.05) is 6.58 Å². The molecular formula is C15H20O4. The molecule has 2 aliphatic heterocycles. The summed E-state index contributed by atoms with van der Waals surface area (Å²) < 4.78 is 11.4. The Kier molecular flexibility index (Phi) is 2.03. The standard InChI is InChI=1S/C15H20O4/c1-7-8-6-10-9(4-5-14(10,2)17)15(3)12(19-15)11(8)18-13(7)16/h8-12,17H,1,4-6H2,2-3H3/t8-,9-,10-,11-,12+,14-,15-/m1/s1. The van der Waals surface area contributed by atoms with E-state index in [0.717, 1.165) is 19.3 Å².